The molecule has 0 amide bonds. The van der Waals surface area contributed by atoms with Crippen molar-refractivity contribution < 1.29 is 18.3 Å². The molecule has 0 spiro atoms. The zero-order valence-electron chi connectivity index (χ0n) is 10.2. The maximum atomic E-state index is 13.3. The maximum absolute atomic E-state index is 13.3. The summed E-state index contributed by atoms with van der Waals surface area (Å²) in [5, 5.41) is 2.83. The summed E-state index contributed by atoms with van der Waals surface area (Å²) in [5.41, 5.74) is 0.0577. The zero-order valence-corrected chi connectivity index (χ0v) is 11.8. The molecule has 4 nitrogen and oxygen atoms in total. The third-order valence-corrected chi connectivity index (χ3v) is 3.56. The predicted molar refractivity (Wildman–Crippen MR) is 72.1 cm³/mol. The third kappa shape index (κ3) is 3.23. The number of ether oxygens (including phenoxy) is 1. The molecular weight excluding hydrogens is 310 g/mol. The van der Waals surface area contributed by atoms with Gasteiger partial charge in [0.2, 0.25) is 0 Å². The summed E-state index contributed by atoms with van der Waals surface area (Å²) in [6.07, 6.45) is 1.55. The standard InChI is InChI=1S/C12H9ClF2N2O2S/c1-19-11(18)7-2-8(14)9(15)3-10(7)16-4-6-5-17-12(13)20-6/h2-3,5,16H,4H2,1H3. The van der Waals surface area contributed by atoms with E-state index in [1.807, 2.05) is 0 Å². The molecule has 1 aromatic heterocycles. The van der Waals surface area contributed by atoms with Gasteiger partial charge in [0.15, 0.2) is 16.1 Å². The van der Waals surface area contributed by atoms with Crippen LogP contribution in [0.1, 0.15) is 15.2 Å². The van der Waals surface area contributed by atoms with Crippen molar-refractivity contribution in [1.29, 1.82) is 0 Å². The van der Waals surface area contributed by atoms with Crippen molar-refractivity contribution in [3.8, 4) is 0 Å². The topological polar surface area (TPSA) is 51.2 Å². The number of anilines is 1. The SMILES string of the molecule is COC(=O)c1cc(F)c(F)cc1NCc1cnc(Cl)s1. The summed E-state index contributed by atoms with van der Waals surface area (Å²) < 4.78 is 31.3. The minimum atomic E-state index is -1.11. The van der Waals surface area contributed by atoms with E-state index in [9.17, 15) is 13.6 Å². The molecule has 0 unspecified atom stereocenters. The fraction of sp³-hybridized carbons (Fsp3) is 0.167. The van der Waals surface area contributed by atoms with Crippen LogP contribution in [0.15, 0.2) is 18.3 Å². The molecule has 106 valence electrons. The molecule has 0 saturated carbocycles. The van der Waals surface area contributed by atoms with Crippen molar-refractivity contribution in [3.63, 3.8) is 0 Å². The largest absolute Gasteiger partial charge is 0.465 e. The van der Waals surface area contributed by atoms with Crippen LogP contribution >= 0.6 is 22.9 Å². The van der Waals surface area contributed by atoms with Crippen molar-refractivity contribution in [2.75, 3.05) is 12.4 Å². The van der Waals surface area contributed by atoms with E-state index in [0.717, 1.165) is 24.1 Å². The minimum Gasteiger partial charge on any atom is -0.465 e. The average Bonchev–Trinajstić information content (AvgIpc) is 2.84. The minimum absolute atomic E-state index is 0.0815. The summed E-state index contributed by atoms with van der Waals surface area (Å²) in [5.74, 6) is -2.92. The number of esters is 1. The first kappa shape index (κ1) is 14.7. The van der Waals surface area contributed by atoms with Gasteiger partial charge in [0.25, 0.3) is 0 Å². The summed E-state index contributed by atoms with van der Waals surface area (Å²) in [7, 11) is 1.16. The van der Waals surface area contributed by atoms with Crippen LogP contribution in [0.3, 0.4) is 0 Å². The third-order valence-electron chi connectivity index (χ3n) is 2.44. The lowest BCUT2D eigenvalue weighted by atomic mass is 10.1. The molecule has 8 heteroatoms. The van der Waals surface area contributed by atoms with E-state index in [2.05, 4.69) is 15.0 Å². The van der Waals surface area contributed by atoms with Crippen LogP contribution in [0.25, 0.3) is 0 Å². The molecule has 20 heavy (non-hydrogen) atoms. The number of hydrogen-bond donors (Lipinski definition) is 1. The molecule has 1 aromatic carbocycles. The van der Waals surface area contributed by atoms with Crippen molar-refractivity contribution in [2.24, 2.45) is 0 Å². The van der Waals surface area contributed by atoms with Gasteiger partial charge in [-0.2, -0.15) is 0 Å². The highest BCUT2D eigenvalue weighted by molar-refractivity contribution is 7.15. The lowest BCUT2D eigenvalue weighted by molar-refractivity contribution is 0.0601. The highest BCUT2D eigenvalue weighted by Crippen LogP contribution is 2.23. The van der Waals surface area contributed by atoms with Crippen LogP contribution in [0, 0.1) is 11.6 Å². The van der Waals surface area contributed by atoms with Gasteiger partial charge in [-0.05, 0) is 6.07 Å². The fourth-order valence-corrected chi connectivity index (χ4v) is 2.44. The first-order valence-electron chi connectivity index (χ1n) is 5.42. The first-order valence-corrected chi connectivity index (χ1v) is 6.62. The number of aromatic nitrogens is 1. The Morgan fingerprint density at radius 3 is 2.75 bits per heavy atom. The van der Waals surface area contributed by atoms with Gasteiger partial charge in [-0.15, -0.1) is 11.3 Å². The van der Waals surface area contributed by atoms with Crippen molar-refractivity contribution in [1.82, 2.24) is 4.98 Å². The number of nitrogens with one attached hydrogen (secondary N) is 1. The van der Waals surface area contributed by atoms with Crippen LogP contribution in [-0.4, -0.2) is 18.1 Å². The number of rotatable bonds is 4. The highest BCUT2D eigenvalue weighted by atomic mass is 35.5. The van der Waals surface area contributed by atoms with Gasteiger partial charge in [0, 0.05) is 17.1 Å². The zero-order chi connectivity index (χ0) is 14.7. The van der Waals surface area contributed by atoms with Gasteiger partial charge in [-0.3, -0.25) is 0 Å². The molecule has 0 radical (unpaired) electrons. The second-order valence-corrected chi connectivity index (χ2v) is 5.43. The van der Waals surface area contributed by atoms with E-state index in [4.69, 9.17) is 11.6 Å². The van der Waals surface area contributed by atoms with Crippen LogP contribution in [0.5, 0.6) is 0 Å². The highest BCUT2D eigenvalue weighted by Gasteiger charge is 2.16. The van der Waals surface area contributed by atoms with Crippen LogP contribution < -0.4 is 5.32 Å². The van der Waals surface area contributed by atoms with Gasteiger partial charge >= 0.3 is 5.97 Å². The molecule has 0 aliphatic rings. The maximum Gasteiger partial charge on any atom is 0.340 e. The molecule has 0 aliphatic heterocycles. The molecule has 1 heterocycles. The Hall–Kier alpha value is -1.73. The number of nitrogens with zero attached hydrogens (tertiary/aromatic N) is 1. The number of thiazole rings is 1. The molecule has 2 aromatic rings. The van der Waals surface area contributed by atoms with Crippen molar-refractivity contribution >= 4 is 34.6 Å². The van der Waals surface area contributed by atoms with E-state index >= 15 is 0 Å². The molecule has 0 atom stereocenters. The van der Waals surface area contributed by atoms with E-state index in [0.29, 0.717) is 4.47 Å². The smallest absolute Gasteiger partial charge is 0.340 e. The average molecular weight is 319 g/mol. The Balaban J connectivity index is 2.25. The van der Waals surface area contributed by atoms with Crippen LogP contribution in [0.4, 0.5) is 14.5 Å². The van der Waals surface area contributed by atoms with E-state index in [-0.39, 0.29) is 17.8 Å². The number of benzene rings is 1. The number of hydrogen-bond acceptors (Lipinski definition) is 5. The Morgan fingerprint density at radius 1 is 1.45 bits per heavy atom. The van der Waals surface area contributed by atoms with Gasteiger partial charge in [-0.1, -0.05) is 11.6 Å². The second kappa shape index (κ2) is 6.15. The molecule has 0 aliphatic carbocycles. The quantitative estimate of drug-likeness (QED) is 0.877. The van der Waals surface area contributed by atoms with Gasteiger partial charge < -0.3 is 10.1 Å². The Labute approximate surface area is 122 Å². The van der Waals surface area contributed by atoms with Crippen molar-refractivity contribution in [2.45, 2.75) is 6.54 Å². The number of carbonyl (C=O) groups is 1. The summed E-state index contributed by atoms with van der Waals surface area (Å²) in [4.78, 5) is 16.2. The summed E-state index contributed by atoms with van der Waals surface area (Å²) >= 11 is 6.93. The first-order chi connectivity index (χ1) is 9.51. The van der Waals surface area contributed by atoms with Crippen molar-refractivity contribution in [3.05, 3.63) is 44.9 Å². The van der Waals surface area contributed by atoms with Gasteiger partial charge in [0.05, 0.1) is 24.9 Å². The van der Waals surface area contributed by atoms with Crippen LogP contribution in [0.2, 0.25) is 4.47 Å². The summed E-state index contributed by atoms with van der Waals surface area (Å²) in [6, 6.07) is 1.70. The monoisotopic (exact) mass is 318 g/mol. The lowest BCUT2D eigenvalue weighted by Gasteiger charge is -2.10. The molecule has 1 N–H and O–H groups in total. The predicted octanol–water partition coefficient (Wildman–Crippen LogP) is 3.47. The number of carbonyl (C=O) groups excluding carboxylic acids is 1. The van der Waals surface area contributed by atoms with E-state index < -0.39 is 17.6 Å². The molecule has 0 fully saturated rings. The molecular formula is C12H9ClF2N2O2S. The molecule has 0 bridgehead atoms. The Bertz CT molecular complexity index is 648. The second-order valence-electron chi connectivity index (χ2n) is 3.74. The van der Waals surface area contributed by atoms with Crippen LogP contribution in [-0.2, 0) is 11.3 Å². The Kier molecular flexibility index (Phi) is 4.51. The normalized spacial score (nSPS) is 10.4. The molecule has 2 rings (SSSR count). The Morgan fingerprint density at radius 2 is 2.15 bits per heavy atom. The molecule has 0 saturated heterocycles. The van der Waals surface area contributed by atoms with Gasteiger partial charge in [-0.25, -0.2) is 18.6 Å². The van der Waals surface area contributed by atoms with E-state index in [1.165, 1.54) is 11.3 Å². The fourth-order valence-electron chi connectivity index (χ4n) is 1.52. The lowest BCUT2D eigenvalue weighted by Crippen LogP contribution is -2.09. The summed E-state index contributed by atoms with van der Waals surface area (Å²) in [6.45, 7) is 0.277. The van der Waals surface area contributed by atoms with E-state index in [1.54, 1.807) is 6.20 Å². The number of halogens is 3. The van der Waals surface area contributed by atoms with Gasteiger partial charge in [0.1, 0.15) is 0 Å². The number of methoxy groups -OCH3 is 1.